The summed E-state index contributed by atoms with van der Waals surface area (Å²) in [4.78, 5) is 0. The molecule has 1 saturated heterocycles. The van der Waals surface area contributed by atoms with Gasteiger partial charge in [-0.15, -0.1) is 0 Å². The van der Waals surface area contributed by atoms with Crippen LogP contribution in [0, 0.1) is 10.8 Å². The lowest BCUT2D eigenvalue weighted by molar-refractivity contribution is 0.133. The lowest BCUT2D eigenvalue weighted by atomic mass is 9.77. The smallest absolute Gasteiger partial charge is 0.0535 e. The van der Waals surface area contributed by atoms with Crippen molar-refractivity contribution >= 4 is 0 Å². The minimum absolute atomic E-state index is 0.420. The number of nitrogens with one attached hydrogen (secondary N) is 1. The summed E-state index contributed by atoms with van der Waals surface area (Å²) < 4.78 is 5.58. The lowest BCUT2D eigenvalue weighted by Gasteiger charge is -2.31. The van der Waals surface area contributed by atoms with Crippen molar-refractivity contribution in [2.24, 2.45) is 10.8 Å². The Morgan fingerprint density at radius 3 is 2.53 bits per heavy atom. The minimum Gasteiger partial charge on any atom is -0.381 e. The average Bonchev–Trinajstić information content (AvgIpc) is 2.60. The second-order valence-electron chi connectivity index (χ2n) is 6.14. The molecule has 0 bridgehead atoms. The van der Waals surface area contributed by atoms with Gasteiger partial charge in [0, 0.05) is 18.6 Å². The minimum atomic E-state index is 0.420. The molecule has 1 rings (SSSR count). The fourth-order valence-corrected chi connectivity index (χ4v) is 2.10. The van der Waals surface area contributed by atoms with Gasteiger partial charge in [0.25, 0.3) is 0 Å². The van der Waals surface area contributed by atoms with E-state index in [2.05, 4.69) is 33.0 Å². The number of hydrogen-bond donors (Lipinski definition) is 1. The van der Waals surface area contributed by atoms with Gasteiger partial charge in [0.1, 0.15) is 0 Å². The first-order chi connectivity index (χ1) is 6.97. The standard InChI is InChI=1S/C13H27NO/c1-5-14-10-13(8-9-15-11-13)7-6-12(2,3)4/h14H,5-11H2,1-4H3. The van der Waals surface area contributed by atoms with Crippen molar-refractivity contribution < 1.29 is 4.74 Å². The molecule has 1 atom stereocenters. The monoisotopic (exact) mass is 213 g/mol. The van der Waals surface area contributed by atoms with E-state index in [0.29, 0.717) is 10.8 Å². The quantitative estimate of drug-likeness (QED) is 0.758. The normalized spacial score (nSPS) is 27.2. The van der Waals surface area contributed by atoms with Gasteiger partial charge < -0.3 is 10.1 Å². The van der Waals surface area contributed by atoms with E-state index in [1.54, 1.807) is 0 Å². The summed E-state index contributed by atoms with van der Waals surface area (Å²) in [6, 6.07) is 0. The summed E-state index contributed by atoms with van der Waals surface area (Å²) >= 11 is 0. The third-order valence-corrected chi connectivity index (χ3v) is 3.34. The molecule has 0 amide bonds. The van der Waals surface area contributed by atoms with Gasteiger partial charge in [-0.05, 0) is 31.2 Å². The van der Waals surface area contributed by atoms with Crippen LogP contribution in [-0.2, 0) is 4.74 Å². The van der Waals surface area contributed by atoms with Gasteiger partial charge in [0.15, 0.2) is 0 Å². The molecule has 0 aromatic rings. The Morgan fingerprint density at radius 2 is 2.07 bits per heavy atom. The third kappa shape index (κ3) is 4.52. The van der Waals surface area contributed by atoms with Crippen molar-refractivity contribution in [2.75, 3.05) is 26.3 Å². The fourth-order valence-electron chi connectivity index (χ4n) is 2.10. The SMILES string of the molecule is CCNCC1(CCC(C)(C)C)CCOC1. The molecule has 90 valence electrons. The summed E-state index contributed by atoms with van der Waals surface area (Å²) in [5.74, 6) is 0. The van der Waals surface area contributed by atoms with E-state index in [4.69, 9.17) is 4.74 Å². The Bertz CT molecular complexity index is 177. The zero-order chi connectivity index (χ0) is 11.4. The molecule has 0 saturated carbocycles. The van der Waals surface area contributed by atoms with Gasteiger partial charge >= 0.3 is 0 Å². The van der Waals surface area contributed by atoms with Gasteiger partial charge in [-0.1, -0.05) is 27.7 Å². The highest BCUT2D eigenvalue weighted by molar-refractivity contribution is 4.86. The topological polar surface area (TPSA) is 21.3 Å². The maximum absolute atomic E-state index is 5.58. The van der Waals surface area contributed by atoms with E-state index in [1.165, 1.54) is 19.3 Å². The van der Waals surface area contributed by atoms with Gasteiger partial charge in [0.2, 0.25) is 0 Å². The molecule has 0 aliphatic carbocycles. The Labute approximate surface area is 94.8 Å². The Morgan fingerprint density at radius 1 is 1.33 bits per heavy atom. The molecule has 1 fully saturated rings. The maximum atomic E-state index is 5.58. The molecule has 1 N–H and O–H groups in total. The maximum Gasteiger partial charge on any atom is 0.0535 e. The molecule has 1 aliphatic rings. The summed E-state index contributed by atoms with van der Waals surface area (Å²) in [6.45, 7) is 13.2. The zero-order valence-corrected chi connectivity index (χ0v) is 10.9. The highest BCUT2D eigenvalue weighted by Crippen LogP contribution is 2.36. The summed E-state index contributed by atoms with van der Waals surface area (Å²) in [7, 11) is 0. The van der Waals surface area contributed by atoms with E-state index in [9.17, 15) is 0 Å². The summed E-state index contributed by atoms with van der Waals surface area (Å²) in [6.07, 6.45) is 3.82. The first-order valence-corrected chi connectivity index (χ1v) is 6.26. The second-order valence-corrected chi connectivity index (χ2v) is 6.14. The average molecular weight is 213 g/mol. The van der Waals surface area contributed by atoms with Crippen molar-refractivity contribution in [1.82, 2.24) is 5.32 Å². The van der Waals surface area contributed by atoms with Crippen LogP contribution in [0.1, 0.15) is 47.0 Å². The van der Waals surface area contributed by atoms with Gasteiger partial charge in [0.05, 0.1) is 6.61 Å². The van der Waals surface area contributed by atoms with Crippen LogP contribution in [0.5, 0.6) is 0 Å². The second kappa shape index (κ2) is 5.31. The predicted molar refractivity (Wildman–Crippen MR) is 65.1 cm³/mol. The van der Waals surface area contributed by atoms with E-state index in [1.807, 2.05) is 0 Å². The molecule has 1 unspecified atom stereocenters. The first kappa shape index (κ1) is 13.0. The van der Waals surface area contributed by atoms with E-state index in [-0.39, 0.29) is 0 Å². The first-order valence-electron chi connectivity index (χ1n) is 6.26. The van der Waals surface area contributed by atoms with E-state index < -0.39 is 0 Å². The van der Waals surface area contributed by atoms with E-state index in [0.717, 1.165) is 26.3 Å². The summed E-state index contributed by atoms with van der Waals surface area (Å²) in [5, 5.41) is 3.49. The Hall–Kier alpha value is -0.0800. The highest BCUT2D eigenvalue weighted by atomic mass is 16.5. The van der Waals surface area contributed by atoms with Gasteiger partial charge in [-0.2, -0.15) is 0 Å². The van der Waals surface area contributed by atoms with Crippen LogP contribution in [0.15, 0.2) is 0 Å². The third-order valence-electron chi connectivity index (χ3n) is 3.34. The molecule has 2 heteroatoms. The number of ether oxygens (including phenoxy) is 1. The van der Waals surface area contributed by atoms with Crippen molar-refractivity contribution in [3.05, 3.63) is 0 Å². The van der Waals surface area contributed by atoms with Crippen molar-refractivity contribution in [2.45, 2.75) is 47.0 Å². The summed E-state index contributed by atoms with van der Waals surface area (Å²) in [5.41, 5.74) is 0.866. The number of rotatable bonds is 5. The van der Waals surface area contributed by atoms with E-state index >= 15 is 0 Å². The van der Waals surface area contributed by atoms with Crippen molar-refractivity contribution in [3.63, 3.8) is 0 Å². The zero-order valence-electron chi connectivity index (χ0n) is 10.9. The van der Waals surface area contributed by atoms with Crippen LogP contribution in [0.3, 0.4) is 0 Å². The van der Waals surface area contributed by atoms with Crippen LogP contribution in [0.4, 0.5) is 0 Å². The molecule has 1 heterocycles. The van der Waals surface area contributed by atoms with Crippen LogP contribution < -0.4 is 5.32 Å². The molecule has 15 heavy (non-hydrogen) atoms. The molecule has 0 radical (unpaired) electrons. The van der Waals surface area contributed by atoms with Crippen LogP contribution >= 0.6 is 0 Å². The predicted octanol–water partition coefficient (Wildman–Crippen LogP) is 2.83. The lowest BCUT2D eigenvalue weighted by Crippen LogP contribution is -2.35. The van der Waals surface area contributed by atoms with Crippen LogP contribution in [0.25, 0.3) is 0 Å². The van der Waals surface area contributed by atoms with Crippen LogP contribution in [-0.4, -0.2) is 26.3 Å². The highest BCUT2D eigenvalue weighted by Gasteiger charge is 2.35. The molecular weight excluding hydrogens is 186 g/mol. The van der Waals surface area contributed by atoms with Gasteiger partial charge in [-0.25, -0.2) is 0 Å². The van der Waals surface area contributed by atoms with Gasteiger partial charge in [-0.3, -0.25) is 0 Å². The van der Waals surface area contributed by atoms with Crippen molar-refractivity contribution in [1.29, 1.82) is 0 Å². The van der Waals surface area contributed by atoms with Crippen LogP contribution in [0.2, 0.25) is 0 Å². The molecular formula is C13H27NO. The molecule has 0 aromatic carbocycles. The van der Waals surface area contributed by atoms with Crippen molar-refractivity contribution in [3.8, 4) is 0 Å². The molecule has 1 aliphatic heterocycles. The Kier molecular flexibility index (Phi) is 4.60. The number of hydrogen-bond acceptors (Lipinski definition) is 2. The Balaban J connectivity index is 2.42. The molecule has 0 spiro atoms. The molecule has 2 nitrogen and oxygen atoms in total. The fraction of sp³-hybridized carbons (Fsp3) is 1.00. The largest absolute Gasteiger partial charge is 0.381 e. The molecule has 0 aromatic heterocycles.